The number of ether oxygens (including phenoxy) is 2. The first kappa shape index (κ1) is 15.1. The quantitative estimate of drug-likeness (QED) is 0.572. The Kier molecular flexibility index (Phi) is 5.83. The molecule has 0 radical (unpaired) electrons. The standard InChI is InChI=1S/C18H20O3/c1-20-17-13-6-5-9-15(17)10-7-8-14-21-18(19)16-11-3-2-4-12-16/h2-6,9,11-13H,7-8,10,14H2,1H3. The van der Waals surface area contributed by atoms with Crippen molar-refractivity contribution in [3.8, 4) is 5.75 Å². The number of rotatable bonds is 7. The van der Waals surface area contributed by atoms with Gasteiger partial charge in [-0.3, -0.25) is 0 Å². The van der Waals surface area contributed by atoms with Crippen LogP contribution in [0, 0.1) is 0 Å². The number of carbonyl (C=O) groups is 1. The fourth-order valence-electron chi connectivity index (χ4n) is 2.15. The van der Waals surface area contributed by atoms with Crippen LogP contribution in [0.5, 0.6) is 5.75 Å². The van der Waals surface area contributed by atoms with Crippen LogP contribution in [-0.4, -0.2) is 19.7 Å². The molecule has 0 bridgehead atoms. The fraction of sp³-hybridized carbons (Fsp3) is 0.278. The van der Waals surface area contributed by atoms with Gasteiger partial charge in [0.25, 0.3) is 0 Å². The summed E-state index contributed by atoms with van der Waals surface area (Å²) in [6, 6.07) is 17.1. The first-order valence-corrected chi connectivity index (χ1v) is 7.15. The molecule has 0 fully saturated rings. The normalized spacial score (nSPS) is 10.1. The van der Waals surface area contributed by atoms with Gasteiger partial charge in [-0.15, -0.1) is 0 Å². The van der Waals surface area contributed by atoms with Crippen LogP contribution in [0.1, 0.15) is 28.8 Å². The molecule has 0 atom stereocenters. The molecular formula is C18H20O3. The Balaban J connectivity index is 1.70. The zero-order chi connectivity index (χ0) is 14.9. The van der Waals surface area contributed by atoms with Crippen LogP contribution < -0.4 is 4.74 Å². The predicted molar refractivity (Wildman–Crippen MR) is 82.7 cm³/mol. The van der Waals surface area contributed by atoms with Crippen molar-refractivity contribution in [2.24, 2.45) is 0 Å². The van der Waals surface area contributed by atoms with E-state index in [0.29, 0.717) is 12.2 Å². The molecule has 21 heavy (non-hydrogen) atoms. The second kappa shape index (κ2) is 8.10. The highest BCUT2D eigenvalue weighted by molar-refractivity contribution is 5.89. The largest absolute Gasteiger partial charge is 0.496 e. The summed E-state index contributed by atoms with van der Waals surface area (Å²) in [6.07, 6.45) is 2.73. The van der Waals surface area contributed by atoms with Crippen molar-refractivity contribution < 1.29 is 14.3 Å². The zero-order valence-corrected chi connectivity index (χ0v) is 12.2. The average molecular weight is 284 g/mol. The van der Waals surface area contributed by atoms with Crippen LogP contribution in [-0.2, 0) is 11.2 Å². The third-order valence-corrected chi connectivity index (χ3v) is 3.28. The lowest BCUT2D eigenvalue weighted by molar-refractivity contribution is 0.0498. The Morgan fingerprint density at radius 2 is 1.67 bits per heavy atom. The fourth-order valence-corrected chi connectivity index (χ4v) is 2.15. The summed E-state index contributed by atoms with van der Waals surface area (Å²) in [5.41, 5.74) is 1.79. The molecule has 0 saturated heterocycles. The van der Waals surface area contributed by atoms with Gasteiger partial charge in [0.05, 0.1) is 19.3 Å². The summed E-state index contributed by atoms with van der Waals surface area (Å²) >= 11 is 0. The van der Waals surface area contributed by atoms with E-state index < -0.39 is 0 Å². The van der Waals surface area contributed by atoms with Gasteiger partial charge in [0, 0.05) is 0 Å². The van der Waals surface area contributed by atoms with Crippen molar-refractivity contribution in [1.82, 2.24) is 0 Å². The van der Waals surface area contributed by atoms with Crippen molar-refractivity contribution in [2.75, 3.05) is 13.7 Å². The Bertz CT molecular complexity index is 564. The molecule has 0 spiro atoms. The van der Waals surface area contributed by atoms with Gasteiger partial charge in [0.1, 0.15) is 5.75 Å². The van der Waals surface area contributed by atoms with Gasteiger partial charge in [0.15, 0.2) is 0 Å². The van der Waals surface area contributed by atoms with Crippen LogP contribution in [0.4, 0.5) is 0 Å². The maximum Gasteiger partial charge on any atom is 0.338 e. The van der Waals surface area contributed by atoms with Gasteiger partial charge >= 0.3 is 5.97 Å². The third kappa shape index (κ3) is 4.63. The van der Waals surface area contributed by atoms with Crippen molar-refractivity contribution in [2.45, 2.75) is 19.3 Å². The number of aryl methyl sites for hydroxylation is 1. The number of hydrogen-bond acceptors (Lipinski definition) is 3. The van der Waals surface area contributed by atoms with E-state index in [1.807, 2.05) is 36.4 Å². The van der Waals surface area contributed by atoms with Gasteiger partial charge in [-0.2, -0.15) is 0 Å². The first-order chi connectivity index (χ1) is 10.3. The molecule has 0 heterocycles. The zero-order valence-electron chi connectivity index (χ0n) is 12.2. The molecule has 0 N–H and O–H groups in total. The Morgan fingerprint density at radius 3 is 2.43 bits per heavy atom. The lowest BCUT2D eigenvalue weighted by Gasteiger charge is -2.08. The molecular weight excluding hydrogens is 264 g/mol. The summed E-state index contributed by atoms with van der Waals surface area (Å²) in [5, 5.41) is 0. The van der Waals surface area contributed by atoms with Crippen LogP contribution in [0.3, 0.4) is 0 Å². The van der Waals surface area contributed by atoms with Crippen molar-refractivity contribution in [3.63, 3.8) is 0 Å². The van der Waals surface area contributed by atoms with Gasteiger partial charge in [0.2, 0.25) is 0 Å². The number of methoxy groups -OCH3 is 1. The summed E-state index contributed by atoms with van der Waals surface area (Å²) in [7, 11) is 1.68. The Labute approximate surface area is 125 Å². The predicted octanol–water partition coefficient (Wildman–Crippen LogP) is 3.87. The van der Waals surface area contributed by atoms with E-state index in [4.69, 9.17) is 9.47 Å². The van der Waals surface area contributed by atoms with Gasteiger partial charge in [-0.05, 0) is 43.0 Å². The highest BCUT2D eigenvalue weighted by Gasteiger charge is 2.06. The maximum absolute atomic E-state index is 11.7. The molecule has 0 unspecified atom stereocenters. The van der Waals surface area contributed by atoms with E-state index in [9.17, 15) is 4.79 Å². The lowest BCUT2D eigenvalue weighted by Crippen LogP contribution is -2.06. The van der Waals surface area contributed by atoms with Crippen molar-refractivity contribution in [3.05, 3.63) is 65.7 Å². The summed E-state index contributed by atoms with van der Waals surface area (Å²) in [5.74, 6) is 0.659. The molecule has 0 saturated carbocycles. The van der Waals surface area contributed by atoms with Gasteiger partial charge in [-0.1, -0.05) is 36.4 Å². The number of unbranched alkanes of at least 4 members (excludes halogenated alkanes) is 1. The van der Waals surface area contributed by atoms with Crippen LogP contribution >= 0.6 is 0 Å². The van der Waals surface area contributed by atoms with E-state index in [2.05, 4.69) is 6.07 Å². The smallest absolute Gasteiger partial charge is 0.338 e. The molecule has 3 heteroatoms. The second-order valence-corrected chi connectivity index (χ2v) is 4.77. The van der Waals surface area contributed by atoms with Crippen LogP contribution in [0.2, 0.25) is 0 Å². The number of benzene rings is 2. The van der Waals surface area contributed by atoms with Crippen LogP contribution in [0.25, 0.3) is 0 Å². The minimum Gasteiger partial charge on any atom is -0.496 e. The first-order valence-electron chi connectivity index (χ1n) is 7.15. The topological polar surface area (TPSA) is 35.5 Å². The van der Waals surface area contributed by atoms with Crippen molar-refractivity contribution in [1.29, 1.82) is 0 Å². The second-order valence-electron chi connectivity index (χ2n) is 4.77. The minimum atomic E-state index is -0.257. The minimum absolute atomic E-state index is 0.257. The lowest BCUT2D eigenvalue weighted by atomic mass is 10.1. The Morgan fingerprint density at radius 1 is 0.952 bits per heavy atom. The molecule has 0 aromatic heterocycles. The number of para-hydroxylation sites is 1. The molecule has 2 aromatic rings. The molecule has 0 aliphatic carbocycles. The molecule has 3 nitrogen and oxygen atoms in total. The van der Waals surface area contributed by atoms with E-state index in [-0.39, 0.29) is 5.97 Å². The summed E-state index contributed by atoms with van der Waals surface area (Å²) < 4.78 is 10.6. The molecule has 110 valence electrons. The highest BCUT2D eigenvalue weighted by Crippen LogP contribution is 2.19. The summed E-state index contributed by atoms with van der Waals surface area (Å²) in [6.45, 7) is 0.447. The molecule has 2 aromatic carbocycles. The van der Waals surface area contributed by atoms with Gasteiger partial charge in [-0.25, -0.2) is 4.79 Å². The van der Waals surface area contributed by atoms with E-state index in [0.717, 1.165) is 25.0 Å². The SMILES string of the molecule is COc1ccccc1CCCCOC(=O)c1ccccc1. The number of esters is 1. The average Bonchev–Trinajstić information content (AvgIpc) is 2.55. The molecule has 0 aliphatic rings. The van der Waals surface area contributed by atoms with E-state index >= 15 is 0 Å². The van der Waals surface area contributed by atoms with E-state index in [1.54, 1.807) is 19.2 Å². The molecule has 2 rings (SSSR count). The number of carbonyl (C=O) groups excluding carboxylic acids is 1. The monoisotopic (exact) mass is 284 g/mol. The molecule has 0 amide bonds. The third-order valence-electron chi connectivity index (χ3n) is 3.28. The van der Waals surface area contributed by atoms with Gasteiger partial charge < -0.3 is 9.47 Å². The van der Waals surface area contributed by atoms with Crippen molar-refractivity contribution >= 4 is 5.97 Å². The molecule has 0 aliphatic heterocycles. The van der Waals surface area contributed by atoms with E-state index in [1.165, 1.54) is 5.56 Å². The maximum atomic E-state index is 11.7. The number of hydrogen-bond donors (Lipinski definition) is 0. The summed E-state index contributed by atoms with van der Waals surface area (Å²) in [4.78, 5) is 11.7. The Hall–Kier alpha value is -2.29. The van der Waals surface area contributed by atoms with Crippen LogP contribution in [0.15, 0.2) is 54.6 Å². The highest BCUT2D eigenvalue weighted by atomic mass is 16.5.